The zero-order valence-corrected chi connectivity index (χ0v) is 13.7. The average Bonchev–Trinajstić information content (AvgIpc) is 2.59. The lowest BCUT2D eigenvalue weighted by Crippen LogP contribution is -2.42. The number of piperidine rings is 1. The van der Waals surface area contributed by atoms with Gasteiger partial charge in [-0.1, -0.05) is 18.1 Å². The fourth-order valence-electron chi connectivity index (χ4n) is 2.57. The number of aliphatic hydroxyl groups excluding tert-OH is 1. The van der Waals surface area contributed by atoms with Crippen LogP contribution in [0.15, 0.2) is 24.3 Å². The summed E-state index contributed by atoms with van der Waals surface area (Å²) in [5, 5.41) is 12.5. The van der Waals surface area contributed by atoms with E-state index < -0.39 is 12.2 Å². The number of carbonyl (C=O) groups excluding carboxylic acids is 2. The molecule has 0 aliphatic carbocycles. The molecule has 1 aliphatic heterocycles. The predicted octanol–water partition coefficient (Wildman–Crippen LogP) is 1.26. The van der Waals surface area contributed by atoms with Crippen LogP contribution < -0.4 is 5.32 Å². The van der Waals surface area contributed by atoms with E-state index in [1.165, 1.54) is 0 Å². The van der Waals surface area contributed by atoms with E-state index in [9.17, 15) is 14.7 Å². The maximum atomic E-state index is 12.7. The van der Waals surface area contributed by atoms with Gasteiger partial charge in [0.15, 0.2) is 0 Å². The Bertz CT molecular complexity index is 638. The molecule has 1 saturated heterocycles. The lowest BCUT2D eigenvalue weighted by molar-refractivity contribution is -0.125. The Balaban J connectivity index is 2.11. The van der Waals surface area contributed by atoms with E-state index in [0.29, 0.717) is 30.8 Å². The Kier molecular flexibility index (Phi) is 6.36. The van der Waals surface area contributed by atoms with E-state index in [4.69, 9.17) is 11.2 Å². The molecule has 1 aromatic rings. The number of nitrogens with one attached hydrogen (secondary N) is 1. The van der Waals surface area contributed by atoms with Crippen LogP contribution >= 0.6 is 0 Å². The van der Waals surface area contributed by atoms with Gasteiger partial charge in [-0.05, 0) is 31.9 Å². The smallest absolute Gasteiger partial charge is 0.256 e. The Hall–Kier alpha value is -2.36. The second kappa shape index (κ2) is 8.48. The maximum absolute atomic E-state index is 12.7. The first kappa shape index (κ1) is 18.0. The standard InChI is InChI=1S/C18H22N2O4/c1-3-11-24-13(2)17(22)19-16-9-5-4-8-15(16)18(23)20-10-6-7-14(21)12-20/h1,4-5,8-9,13-14,21H,6-7,10-12H2,2H3,(H,19,22). The highest BCUT2D eigenvalue weighted by Crippen LogP contribution is 2.20. The Morgan fingerprint density at radius 3 is 2.96 bits per heavy atom. The lowest BCUT2D eigenvalue weighted by Gasteiger charge is -2.30. The molecule has 1 aliphatic rings. The van der Waals surface area contributed by atoms with Crippen LogP contribution in [-0.2, 0) is 9.53 Å². The summed E-state index contributed by atoms with van der Waals surface area (Å²) in [6.45, 7) is 2.54. The summed E-state index contributed by atoms with van der Waals surface area (Å²) >= 11 is 0. The number of benzene rings is 1. The number of anilines is 1. The molecule has 6 nitrogen and oxygen atoms in total. The van der Waals surface area contributed by atoms with Gasteiger partial charge in [0.25, 0.3) is 11.8 Å². The lowest BCUT2D eigenvalue weighted by atomic mass is 10.1. The minimum atomic E-state index is -0.721. The monoisotopic (exact) mass is 330 g/mol. The van der Waals surface area contributed by atoms with Gasteiger partial charge in [-0.3, -0.25) is 9.59 Å². The molecule has 0 saturated carbocycles. The normalized spacial score (nSPS) is 18.5. The molecule has 0 bridgehead atoms. The van der Waals surface area contributed by atoms with Gasteiger partial charge >= 0.3 is 0 Å². The molecule has 2 rings (SSSR count). The number of aliphatic hydroxyl groups is 1. The molecule has 0 aromatic heterocycles. The summed E-state index contributed by atoms with van der Waals surface area (Å²) in [6, 6.07) is 6.80. The molecule has 1 aromatic carbocycles. The number of β-amino-alcohol motifs (C(OH)–C–C–N with tert-alkyl or cyclic N) is 1. The third-order valence-corrected chi connectivity index (χ3v) is 3.88. The van der Waals surface area contributed by atoms with E-state index in [1.54, 1.807) is 36.1 Å². The summed E-state index contributed by atoms with van der Waals surface area (Å²) in [4.78, 5) is 26.5. The van der Waals surface area contributed by atoms with Crippen molar-refractivity contribution in [3.05, 3.63) is 29.8 Å². The van der Waals surface area contributed by atoms with Crippen LogP contribution in [0.5, 0.6) is 0 Å². The highest BCUT2D eigenvalue weighted by atomic mass is 16.5. The topological polar surface area (TPSA) is 78.9 Å². The second-order valence-electron chi connectivity index (χ2n) is 5.74. The first-order valence-corrected chi connectivity index (χ1v) is 7.95. The van der Waals surface area contributed by atoms with Crippen molar-refractivity contribution < 1.29 is 19.4 Å². The van der Waals surface area contributed by atoms with Crippen molar-refractivity contribution in [2.45, 2.75) is 32.0 Å². The van der Waals surface area contributed by atoms with E-state index in [1.807, 2.05) is 0 Å². The molecular formula is C18H22N2O4. The summed E-state index contributed by atoms with van der Waals surface area (Å²) in [7, 11) is 0. The summed E-state index contributed by atoms with van der Waals surface area (Å²) in [6.07, 6.45) is 5.35. The molecule has 128 valence electrons. The van der Waals surface area contributed by atoms with Crippen LogP contribution in [0.25, 0.3) is 0 Å². The zero-order valence-electron chi connectivity index (χ0n) is 13.7. The minimum Gasteiger partial charge on any atom is -0.391 e. The van der Waals surface area contributed by atoms with Crippen LogP contribution in [0.2, 0.25) is 0 Å². The van der Waals surface area contributed by atoms with Crippen molar-refractivity contribution in [1.82, 2.24) is 4.90 Å². The summed E-state index contributed by atoms with van der Waals surface area (Å²) < 4.78 is 5.18. The molecule has 0 radical (unpaired) electrons. The Labute approximate surface area is 141 Å². The van der Waals surface area contributed by atoms with Crippen LogP contribution in [0.4, 0.5) is 5.69 Å². The summed E-state index contributed by atoms with van der Waals surface area (Å²) in [5.74, 6) is 1.73. The maximum Gasteiger partial charge on any atom is 0.256 e. The fourth-order valence-corrected chi connectivity index (χ4v) is 2.57. The van der Waals surface area contributed by atoms with Gasteiger partial charge in [0.05, 0.1) is 17.4 Å². The molecular weight excluding hydrogens is 308 g/mol. The summed E-state index contributed by atoms with van der Waals surface area (Å²) in [5.41, 5.74) is 0.813. The number of nitrogens with zero attached hydrogens (tertiary/aromatic N) is 1. The number of amides is 2. The van der Waals surface area contributed by atoms with Crippen LogP contribution in [0.3, 0.4) is 0 Å². The molecule has 2 atom stereocenters. The van der Waals surface area contributed by atoms with Gasteiger partial charge < -0.3 is 20.1 Å². The fraction of sp³-hybridized carbons (Fsp3) is 0.444. The molecule has 24 heavy (non-hydrogen) atoms. The number of hydrogen-bond donors (Lipinski definition) is 2. The SMILES string of the molecule is C#CCOC(C)C(=O)Nc1ccccc1C(=O)N1CCCC(O)C1. The van der Waals surface area contributed by atoms with E-state index in [0.717, 1.165) is 6.42 Å². The quantitative estimate of drug-likeness (QED) is 0.797. The van der Waals surface area contributed by atoms with Crippen molar-refractivity contribution in [3.8, 4) is 12.3 Å². The number of terminal acetylenes is 1. The third kappa shape index (κ3) is 4.57. The minimum absolute atomic E-state index is 0.0425. The number of carbonyl (C=O) groups is 2. The predicted molar refractivity (Wildman–Crippen MR) is 90.5 cm³/mol. The van der Waals surface area contributed by atoms with Crippen molar-refractivity contribution in [3.63, 3.8) is 0 Å². The van der Waals surface area contributed by atoms with Gasteiger partial charge in [-0.15, -0.1) is 6.42 Å². The van der Waals surface area contributed by atoms with Crippen molar-refractivity contribution in [2.24, 2.45) is 0 Å². The number of hydrogen-bond acceptors (Lipinski definition) is 4. The molecule has 2 amide bonds. The first-order chi connectivity index (χ1) is 11.5. The van der Waals surface area contributed by atoms with Gasteiger partial charge in [-0.25, -0.2) is 0 Å². The zero-order chi connectivity index (χ0) is 17.5. The number of para-hydroxylation sites is 1. The van der Waals surface area contributed by atoms with Crippen molar-refractivity contribution >= 4 is 17.5 Å². The molecule has 1 fully saturated rings. The first-order valence-electron chi connectivity index (χ1n) is 7.95. The number of ether oxygens (including phenoxy) is 1. The largest absolute Gasteiger partial charge is 0.391 e. The molecule has 2 N–H and O–H groups in total. The highest BCUT2D eigenvalue weighted by molar-refractivity contribution is 6.04. The van der Waals surface area contributed by atoms with Gasteiger partial charge in [0.1, 0.15) is 12.7 Å². The Morgan fingerprint density at radius 1 is 1.50 bits per heavy atom. The molecule has 0 spiro atoms. The van der Waals surface area contributed by atoms with Gasteiger partial charge in [0, 0.05) is 13.1 Å². The number of rotatable bonds is 5. The van der Waals surface area contributed by atoms with Gasteiger partial charge in [0.2, 0.25) is 0 Å². The van der Waals surface area contributed by atoms with Gasteiger partial charge in [-0.2, -0.15) is 0 Å². The van der Waals surface area contributed by atoms with Crippen LogP contribution in [0.1, 0.15) is 30.1 Å². The molecule has 2 unspecified atom stereocenters. The van der Waals surface area contributed by atoms with Crippen LogP contribution in [-0.4, -0.2) is 53.7 Å². The third-order valence-electron chi connectivity index (χ3n) is 3.88. The van der Waals surface area contributed by atoms with E-state index >= 15 is 0 Å². The van der Waals surface area contributed by atoms with Crippen LogP contribution in [0, 0.1) is 12.3 Å². The highest BCUT2D eigenvalue weighted by Gasteiger charge is 2.25. The van der Waals surface area contributed by atoms with Crippen molar-refractivity contribution in [2.75, 3.05) is 25.0 Å². The van der Waals surface area contributed by atoms with E-state index in [2.05, 4.69) is 11.2 Å². The Morgan fingerprint density at radius 2 is 2.25 bits per heavy atom. The molecule has 1 heterocycles. The van der Waals surface area contributed by atoms with E-state index in [-0.39, 0.29) is 18.4 Å². The van der Waals surface area contributed by atoms with Crippen molar-refractivity contribution in [1.29, 1.82) is 0 Å². The molecule has 6 heteroatoms. The average molecular weight is 330 g/mol. The number of likely N-dealkylation sites (tertiary alicyclic amines) is 1. The second-order valence-corrected chi connectivity index (χ2v) is 5.74.